The van der Waals surface area contributed by atoms with E-state index in [2.05, 4.69) is 26.1 Å². The Kier molecular flexibility index (Phi) is 4.88. The van der Waals surface area contributed by atoms with Gasteiger partial charge in [0.25, 0.3) is 0 Å². The van der Waals surface area contributed by atoms with Gasteiger partial charge in [0.2, 0.25) is 0 Å². The molecular weight excluding hydrogens is 306 g/mol. The number of hydrogen-bond acceptors (Lipinski definition) is 4. The number of rotatable bonds is 5. The van der Waals surface area contributed by atoms with Crippen LogP contribution in [0.3, 0.4) is 0 Å². The van der Waals surface area contributed by atoms with Crippen LogP contribution in [0.2, 0.25) is 0 Å². The Labute approximate surface area is 141 Å². The molecule has 24 heavy (non-hydrogen) atoms. The minimum atomic E-state index is 0.313. The van der Waals surface area contributed by atoms with Gasteiger partial charge in [-0.1, -0.05) is 0 Å². The molecule has 1 aromatic carbocycles. The smallest absolute Gasteiger partial charge is 0.193 e. The lowest BCUT2D eigenvalue weighted by atomic mass is 10.2. The number of anilines is 1. The van der Waals surface area contributed by atoms with E-state index < -0.39 is 0 Å². The van der Waals surface area contributed by atoms with Gasteiger partial charge >= 0.3 is 0 Å². The van der Waals surface area contributed by atoms with Gasteiger partial charge < -0.3 is 25.1 Å². The summed E-state index contributed by atoms with van der Waals surface area (Å²) in [5, 5.41) is 3.06. The largest absolute Gasteiger partial charge is 0.497 e. The summed E-state index contributed by atoms with van der Waals surface area (Å²) in [5.41, 5.74) is 7.65. The van der Waals surface area contributed by atoms with Gasteiger partial charge in [-0.3, -0.25) is 0 Å². The molecule has 0 atom stereocenters. The van der Waals surface area contributed by atoms with E-state index in [9.17, 15) is 0 Å². The van der Waals surface area contributed by atoms with Crippen molar-refractivity contribution in [3.05, 3.63) is 35.9 Å². The Hall–Kier alpha value is -2.70. The first-order valence-corrected chi connectivity index (χ1v) is 8.03. The number of guanidine groups is 1. The molecule has 2 heterocycles. The van der Waals surface area contributed by atoms with Gasteiger partial charge in [0, 0.05) is 25.2 Å². The normalized spacial score (nSPS) is 14.2. The minimum Gasteiger partial charge on any atom is -0.497 e. The van der Waals surface area contributed by atoms with E-state index in [4.69, 9.17) is 15.2 Å². The Balaban J connectivity index is 1.69. The summed E-state index contributed by atoms with van der Waals surface area (Å²) in [6, 6.07) is 5.46. The first-order chi connectivity index (χ1) is 11.7. The highest BCUT2D eigenvalue weighted by Gasteiger charge is 2.12. The summed E-state index contributed by atoms with van der Waals surface area (Å²) in [4.78, 5) is 8.99. The summed E-state index contributed by atoms with van der Waals surface area (Å²) in [5.74, 6) is 2.85. The maximum absolute atomic E-state index is 6.00. The molecule has 3 rings (SSSR count). The maximum atomic E-state index is 6.00. The molecule has 0 bridgehead atoms. The topological polar surface area (TPSA) is 86.7 Å². The Morgan fingerprint density at radius 2 is 2.21 bits per heavy atom. The number of hydrogen-bond donors (Lipinski definition) is 2. The first kappa shape index (κ1) is 16.2. The van der Waals surface area contributed by atoms with Crippen LogP contribution < -0.4 is 20.5 Å². The average molecular weight is 329 g/mol. The highest BCUT2D eigenvalue weighted by Crippen LogP contribution is 2.28. The van der Waals surface area contributed by atoms with Gasteiger partial charge in [-0.25, -0.2) is 9.98 Å². The molecule has 7 heteroatoms. The number of aryl methyl sites for hydroxylation is 2. The third-order valence-electron chi connectivity index (χ3n) is 4.04. The van der Waals surface area contributed by atoms with Crippen molar-refractivity contribution in [3.8, 4) is 11.5 Å². The predicted molar refractivity (Wildman–Crippen MR) is 93.7 cm³/mol. The summed E-state index contributed by atoms with van der Waals surface area (Å²) in [6.45, 7) is 1.49. The Morgan fingerprint density at radius 1 is 1.33 bits per heavy atom. The van der Waals surface area contributed by atoms with E-state index in [1.165, 1.54) is 12.8 Å². The summed E-state index contributed by atoms with van der Waals surface area (Å²) >= 11 is 0. The fourth-order valence-corrected chi connectivity index (χ4v) is 2.80. The second-order valence-electron chi connectivity index (χ2n) is 5.69. The monoisotopic (exact) mass is 329 g/mol. The molecule has 0 saturated carbocycles. The SMILES string of the molecule is COc1ccc(OC)c(NC(N)=NCc2cn3c(n2)CCCC3)c1. The van der Waals surface area contributed by atoms with Crippen LogP contribution in [-0.4, -0.2) is 29.7 Å². The molecule has 0 saturated heterocycles. The fraction of sp³-hybridized carbons (Fsp3) is 0.412. The van der Waals surface area contributed by atoms with E-state index in [1.54, 1.807) is 14.2 Å². The van der Waals surface area contributed by atoms with Gasteiger partial charge in [-0.2, -0.15) is 0 Å². The predicted octanol–water partition coefficient (Wildman–Crippen LogP) is 2.16. The van der Waals surface area contributed by atoms with Crippen molar-refractivity contribution in [1.29, 1.82) is 0 Å². The lowest BCUT2D eigenvalue weighted by molar-refractivity contribution is 0.405. The molecule has 1 aliphatic heterocycles. The summed E-state index contributed by atoms with van der Waals surface area (Å²) in [6.07, 6.45) is 5.53. The molecule has 1 aromatic heterocycles. The number of aliphatic imine (C=N–C) groups is 1. The summed E-state index contributed by atoms with van der Waals surface area (Å²) in [7, 11) is 3.22. The molecule has 0 radical (unpaired) electrons. The van der Waals surface area contributed by atoms with Crippen molar-refractivity contribution in [1.82, 2.24) is 9.55 Å². The first-order valence-electron chi connectivity index (χ1n) is 8.03. The molecule has 0 aliphatic carbocycles. The van der Waals surface area contributed by atoms with Crippen LogP contribution in [-0.2, 0) is 19.5 Å². The minimum absolute atomic E-state index is 0.313. The molecular formula is C17H23N5O2. The third-order valence-corrected chi connectivity index (χ3v) is 4.04. The maximum Gasteiger partial charge on any atom is 0.193 e. The Morgan fingerprint density at radius 3 is 2.96 bits per heavy atom. The second-order valence-corrected chi connectivity index (χ2v) is 5.69. The third kappa shape index (κ3) is 3.61. The van der Waals surface area contributed by atoms with Crippen molar-refractivity contribution < 1.29 is 9.47 Å². The molecule has 1 aliphatic rings. The molecule has 7 nitrogen and oxygen atoms in total. The molecule has 128 valence electrons. The number of fused-ring (bicyclic) bond motifs is 1. The fourth-order valence-electron chi connectivity index (χ4n) is 2.80. The molecule has 0 fully saturated rings. The highest BCUT2D eigenvalue weighted by molar-refractivity contribution is 5.93. The number of ether oxygens (including phenoxy) is 2. The van der Waals surface area contributed by atoms with Crippen LogP contribution in [0.1, 0.15) is 24.4 Å². The van der Waals surface area contributed by atoms with Crippen LogP contribution in [0.15, 0.2) is 29.4 Å². The van der Waals surface area contributed by atoms with Crippen LogP contribution in [0, 0.1) is 0 Å². The van der Waals surface area contributed by atoms with E-state index in [1.807, 2.05) is 18.2 Å². The number of nitrogens with one attached hydrogen (secondary N) is 1. The standard InChI is InChI=1S/C17H23N5O2/c1-23-13-6-7-15(24-2)14(9-13)21-17(18)19-10-12-11-22-8-4-3-5-16(22)20-12/h6-7,9,11H,3-5,8,10H2,1-2H3,(H3,18,19,21). The van der Waals surface area contributed by atoms with Crippen molar-refractivity contribution in [2.24, 2.45) is 10.7 Å². The van der Waals surface area contributed by atoms with E-state index in [-0.39, 0.29) is 0 Å². The lowest BCUT2D eigenvalue weighted by Crippen LogP contribution is -2.23. The van der Waals surface area contributed by atoms with Gasteiger partial charge in [0.05, 0.1) is 32.1 Å². The zero-order valence-corrected chi connectivity index (χ0v) is 14.1. The number of imidazole rings is 1. The Bertz CT molecular complexity index is 715. The van der Waals surface area contributed by atoms with Crippen molar-refractivity contribution in [2.75, 3.05) is 19.5 Å². The number of methoxy groups -OCH3 is 2. The van der Waals surface area contributed by atoms with Crippen molar-refractivity contribution in [2.45, 2.75) is 32.4 Å². The number of aromatic nitrogens is 2. The average Bonchev–Trinajstić information content (AvgIpc) is 3.03. The van der Waals surface area contributed by atoms with E-state index in [0.29, 0.717) is 29.7 Å². The zero-order chi connectivity index (χ0) is 16.9. The molecule has 3 N–H and O–H groups in total. The summed E-state index contributed by atoms with van der Waals surface area (Å²) < 4.78 is 12.8. The second kappa shape index (κ2) is 7.25. The highest BCUT2D eigenvalue weighted by atomic mass is 16.5. The van der Waals surface area contributed by atoms with E-state index >= 15 is 0 Å². The van der Waals surface area contributed by atoms with Crippen LogP contribution in [0.4, 0.5) is 5.69 Å². The quantitative estimate of drug-likeness (QED) is 0.648. The molecule has 0 unspecified atom stereocenters. The zero-order valence-electron chi connectivity index (χ0n) is 14.1. The lowest BCUT2D eigenvalue weighted by Gasteiger charge is -2.12. The van der Waals surface area contributed by atoms with Crippen molar-refractivity contribution in [3.63, 3.8) is 0 Å². The molecule has 0 amide bonds. The van der Waals surface area contributed by atoms with Crippen LogP contribution in [0.25, 0.3) is 0 Å². The number of nitrogens with two attached hydrogens (primary N) is 1. The van der Waals surface area contributed by atoms with E-state index in [0.717, 1.165) is 24.5 Å². The molecule has 2 aromatic rings. The number of benzene rings is 1. The van der Waals surface area contributed by atoms with Crippen LogP contribution >= 0.6 is 0 Å². The molecule has 0 spiro atoms. The van der Waals surface area contributed by atoms with Gasteiger partial charge in [0.15, 0.2) is 5.96 Å². The number of nitrogens with zero attached hydrogens (tertiary/aromatic N) is 3. The van der Waals surface area contributed by atoms with Crippen molar-refractivity contribution >= 4 is 11.6 Å². The van der Waals surface area contributed by atoms with Crippen LogP contribution in [0.5, 0.6) is 11.5 Å². The van der Waals surface area contributed by atoms with Gasteiger partial charge in [-0.05, 0) is 25.0 Å². The van der Waals surface area contributed by atoms with Gasteiger partial charge in [0.1, 0.15) is 17.3 Å². The van der Waals surface area contributed by atoms with Gasteiger partial charge in [-0.15, -0.1) is 0 Å².